The van der Waals surface area contributed by atoms with E-state index in [-0.39, 0.29) is 40.7 Å². The molecule has 0 spiro atoms. The van der Waals surface area contributed by atoms with Crippen molar-refractivity contribution in [2.45, 2.75) is 45.1 Å². The third kappa shape index (κ3) is 3.44. The van der Waals surface area contributed by atoms with E-state index in [9.17, 15) is 29.7 Å². The number of fused-ring (bicyclic) bond motifs is 3. The van der Waals surface area contributed by atoms with Crippen LogP contribution in [0.2, 0.25) is 0 Å². The van der Waals surface area contributed by atoms with E-state index < -0.39 is 34.9 Å². The number of benzene rings is 1. The Morgan fingerprint density at radius 1 is 1.06 bits per heavy atom. The highest BCUT2D eigenvalue weighted by Crippen LogP contribution is 2.49. The molecule has 1 aromatic rings. The zero-order valence-corrected chi connectivity index (χ0v) is 18.3. The fourth-order valence-corrected chi connectivity index (χ4v) is 6.14. The van der Waals surface area contributed by atoms with Crippen LogP contribution < -0.4 is 5.73 Å². The maximum atomic E-state index is 13.5. The van der Waals surface area contributed by atoms with Crippen LogP contribution in [0.1, 0.15) is 53.6 Å². The first-order valence-electron chi connectivity index (χ1n) is 11.6. The number of amides is 1. The molecular weight excluding hydrogens is 424 g/mol. The molecule has 33 heavy (non-hydrogen) atoms. The normalized spacial score (nSPS) is 27.8. The lowest BCUT2D eigenvalue weighted by Crippen LogP contribution is -2.43. The number of allylic oxidation sites excluding steroid dienone is 3. The van der Waals surface area contributed by atoms with E-state index in [0.29, 0.717) is 24.9 Å². The molecule has 1 fully saturated rings. The van der Waals surface area contributed by atoms with Gasteiger partial charge in [0.15, 0.2) is 11.6 Å². The van der Waals surface area contributed by atoms with Crippen LogP contribution in [0.5, 0.6) is 5.75 Å². The molecule has 1 saturated heterocycles. The minimum Gasteiger partial charge on any atom is -0.511 e. The Bertz CT molecular complexity index is 1130. The van der Waals surface area contributed by atoms with Crippen molar-refractivity contribution in [2.75, 3.05) is 13.1 Å². The minimum atomic E-state index is -1.08. The summed E-state index contributed by atoms with van der Waals surface area (Å²) >= 11 is 0. The molecule has 3 atom stereocenters. The molecule has 0 aromatic heterocycles. The number of aliphatic hydroxyl groups excluding tert-OH is 2. The van der Waals surface area contributed by atoms with Crippen LogP contribution in [0.4, 0.5) is 0 Å². The van der Waals surface area contributed by atoms with Crippen LogP contribution >= 0.6 is 0 Å². The SMILES string of the molecule is NC(=O)C1=C(O)CC2CC3Cc4ccc(CN5CCCCC5)c(O)c4C(=O)C3=C(O)C2C1=O. The maximum Gasteiger partial charge on any atom is 0.255 e. The quantitative estimate of drug-likeness (QED) is 0.516. The summed E-state index contributed by atoms with van der Waals surface area (Å²) in [6, 6.07) is 3.74. The molecule has 3 unspecified atom stereocenters. The minimum absolute atomic E-state index is 0.0452. The smallest absolute Gasteiger partial charge is 0.255 e. The number of phenols is 1. The van der Waals surface area contributed by atoms with E-state index in [0.717, 1.165) is 31.5 Å². The molecule has 1 aromatic carbocycles. The maximum absolute atomic E-state index is 13.5. The number of nitrogens with zero attached hydrogens (tertiary/aromatic N) is 1. The number of rotatable bonds is 3. The predicted octanol–water partition coefficient (Wildman–Crippen LogP) is 2.45. The summed E-state index contributed by atoms with van der Waals surface area (Å²) in [5.41, 5.74) is 6.49. The van der Waals surface area contributed by atoms with Crippen molar-refractivity contribution in [3.05, 3.63) is 51.5 Å². The Morgan fingerprint density at radius 3 is 2.48 bits per heavy atom. The molecule has 8 heteroatoms. The van der Waals surface area contributed by atoms with E-state index in [1.54, 1.807) is 0 Å². The van der Waals surface area contributed by atoms with Gasteiger partial charge in [-0.05, 0) is 56.2 Å². The molecule has 1 amide bonds. The summed E-state index contributed by atoms with van der Waals surface area (Å²) in [5.74, 6) is -4.87. The number of piperidine rings is 1. The first-order chi connectivity index (χ1) is 15.8. The second-order valence-electron chi connectivity index (χ2n) is 9.70. The average Bonchev–Trinajstić information content (AvgIpc) is 2.75. The highest BCUT2D eigenvalue weighted by atomic mass is 16.3. The number of Topliss-reactive ketones (excluding diaryl/α,β-unsaturated/α-hetero) is 2. The van der Waals surface area contributed by atoms with E-state index in [1.807, 2.05) is 12.1 Å². The van der Waals surface area contributed by atoms with Crippen molar-refractivity contribution in [3.63, 3.8) is 0 Å². The summed E-state index contributed by atoms with van der Waals surface area (Å²) in [6.07, 6.45) is 4.33. The molecule has 4 aliphatic rings. The fourth-order valence-electron chi connectivity index (χ4n) is 6.14. The number of aromatic hydroxyl groups is 1. The molecule has 0 bridgehead atoms. The van der Waals surface area contributed by atoms with Gasteiger partial charge in [-0.2, -0.15) is 0 Å². The molecule has 5 rings (SSSR count). The van der Waals surface area contributed by atoms with Gasteiger partial charge in [-0.1, -0.05) is 18.6 Å². The van der Waals surface area contributed by atoms with Gasteiger partial charge in [-0.15, -0.1) is 0 Å². The Morgan fingerprint density at radius 2 is 1.79 bits per heavy atom. The van der Waals surface area contributed by atoms with E-state index >= 15 is 0 Å². The number of phenolic OH excluding ortho intramolecular Hbond substituents is 1. The molecular formula is C25H28N2O6. The Balaban J connectivity index is 1.52. The van der Waals surface area contributed by atoms with Crippen molar-refractivity contribution >= 4 is 17.5 Å². The number of ketones is 2. The summed E-state index contributed by atoms with van der Waals surface area (Å²) in [5, 5.41) is 32.3. The second-order valence-corrected chi connectivity index (χ2v) is 9.70. The molecule has 8 nitrogen and oxygen atoms in total. The molecule has 174 valence electrons. The van der Waals surface area contributed by atoms with Crippen LogP contribution in [0.25, 0.3) is 0 Å². The second kappa shape index (κ2) is 8.02. The van der Waals surface area contributed by atoms with Gasteiger partial charge >= 0.3 is 0 Å². The van der Waals surface area contributed by atoms with Gasteiger partial charge in [-0.3, -0.25) is 19.3 Å². The summed E-state index contributed by atoms with van der Waals surface area (Å²) < 4.78 is 0. The van der Waals surface area contributed by atoms with Crippen molar-refractivity contribution in [2.24, 2.45) is 23.5 Å². The van der Waals surface area contributed by atoms with Crippen molar-refractivity contribution in [1.29, 1.82) is 0 Å². The van der Waals surface area contributed by atoms with Gasteiger partial charge in [0.1, 0.15) is 22.8 Å². The number of likely N-dealkylation sites (tertiary alicyclic amines) is 1. The molecule has 0 saturated carbocycles. The number of nitrogens with two attached hydrogens (primary N) is 1. The summed E-state index contributed by atoms with van der Waals surface area (Å²) in [7, 11) is 0. The lowest BCUT2D eigenvalue weighted by atomic mass is 9.62. The first-order valence-corrected chi connectivity index (χ1v) is 11.6. The van der Waals surface area contributed by atoms with Crippen LogP contribution in [-0.2, 0) is 22.6 Å². The molecule has 5 N–H and O–H groups in total. The van der Waals surface area contributed by atoms with E-state index in [1.165, 1.54) is 6.42 Å². The van der Waals surface area contributed by atoms with Crippen LogP contribution in [0, 0.1) is 17.8 Å². The average molecular weight is 453 g/mol. The fraction of sp³-hybridized carbons (Fsp3) is 0.480. The number of aliphatic hydroxyl groups is 2. The van der Waals surface area contributed by atoms with E-state index in [4.69, 9.17) is 5.73 Å². The third-order valence-electron chi connectivity index (χ3n) is 7.69. The predicted molar refractivity (Wildman–Crippen MR) is 118 cm³/mol. The van der Waals surface area contributed by atoms with Crippen molar-refractivity contribution < 1.29 is 29.7 Å². The molecule has 0 radical (unpaired) electrons. The van der Waals surface area contributed by atoms with Crippen LogP contribution in [0.3, 0.4) is 0 Å². The van der Waals surface area contributed by atoms with Gasteiger partial charge in [0.2, 0.25) is 0 Å². The molecule has 1 aliphatic heterocycles. The lowest BCUT2D eigenvalue weighted by molar-refractivity contribution is -0.126. The van der Waals surface area contributed by atoms with Crippen LogP contribution in [0.15, 0.2) is 34.8 Å². The van der Waals surface area contributed by atoms with E-state index in [2.05, 4.69) is 4.90 Å². The number of carbonyl (C=O) groups excluding carboxylic acids is 3. The lowest BCUT2D eigenvalue weighted by Gasteiger charge is -2.40. The Labute approximate surface area is 191 Å². The zero-order valence-electron chi connectivity index (χ0n) is 18.3. The number of carbonyl (C=O) groups is 3. The van der Waals surface area contributed by atoms with Crippen molar-refractivity contribution in [1.82, 2.24) is 4.90 Å². The van der Waals surface area contributed by atoms with Gasteiger partial charge in [0.05, 0.1) is 11.5 Å². The van der Waals surface area contributed by atoms with Gasteiger partial charge < -0.3 is 21.1 Å². The van der Waals surface area contributed by atoms with Gasteiger partial charge in [0.25, 0.3) is 5.91 Å². The Kier molecular flexibility index (Phi) is 5.28. The molecule has 1 heterocycles. The molecule has 3 aliphatic carbocycles. The summed E-state index contributed by atoms with van der Waals surface area (Å²) in [4.78, 5) is 40.4. The standard InChI is InChI=1S/C25H28N2O6/c26-25(33)20-16(28)10-15-9-14-8-12-4-5-13(11-27-6-2-1-3-7-27)21(29)17(12)22(30)18(14)23(31)19(15)24(20)32/h4-5,14-15,19,28-29,31H,1-3,6-11H2,(H2,26,33). The monoisotopic (exact) mass is 452 g/mol. The highest BCUT2D eigenvalue weighted by molar-refractivity contribution is 6.22. The first kappa shape index (κ1) is 21.7. The number of hydrogen-bond donors (Lipinski definition) is 4. The largest absolute Gasteiger partial charge is 0.511 e. The topological polar surface area (TPSA) is 141 Å². The zero-order chi connectivity index (χ0) is 23.4. The highest BCUT2D eigenvalue weighted by Gasteiger charge is 2.50. The van der Waals surface area contributed by atoms with Gasteiger partial charge in [0, 0.05) is 24.1 Å². The Hall–Kier alpha value is -3.13. The van der Waals surface area contributed by atoms with Crippen molar-refractivity contribution in [3.8, 4) is 5.75 Å². The summed E-state index contributed by atoms with van der Waals surface area (Å²) in [6.45, 7) is 2.45. The van der Waals surface area contributed by atoms with Gasteiger partial charge in [-0.25, -0.2) is 0 Å². The number of hydrogen-bond acceptors (Lipinski definition) is 7. The van der Waals surface area contributed by atoms with Crippen LogP contribution in [-0.4, -0.2) is 50.8 Å². The number of primary amides is 1. The third-order valence-corrected chi connectivity index (χ3v) is 7.69.